The number of imide groups is 2. The largest absolute Gasteiger partial charge is 0.371 e. The van der Waals surface area contributed by atoms with Gasteiger partial charge in [0.1, 0.15) is 11.7 Å². The van der Waals surface area contributed by atoms with Crippen LogP contribution in [0.15, 0.2) is 73.2 Å². The van der Waals surface area contributed by atoms with Crippen molar-refractivity contribution in [1.82, 2.24) is 24.5 Å². The van der Waals surface area contributed by atoms with Crippen molar-refractivity contribution >= 4 is 46.7 Å². The number of hydrogen-bond donors (Lipinski definition) is 1. The fraction of sp³-hybridized carbons (Fsp3) is 0.314. The maximum atomic E-state index is 13.6. The van der Waals surface area contributed by atoms with Crippen molar-refractivity contribution in [2.24, 2.45) is 5.92 Å². The number of carbonyl (C=O) groups is 5. The van der Waals surface area contributed by atoms with Gasteiger partial charge in [0.05, 0.1) is 11.1 Å². The predicted molar refractivity (Wildman–Crippen MR) is 173 cm³/mol. The molecule has 6 amide bonds. The van der Waals surface area contributed by atoms with Crippen molar-refractivity contribution in [2.45, 2.75) is 31.7 Å². The zero-order valence-electron chi connectivity index (χ0n) is 25.7. The first-order chi connectivity index (χ1) is 22.8. The number of carbonyl (C=O) groups excluding carboxylic acids is 5. The highest BCUT2D eigenvalue weighted by Gasteiger charge is 2.45. The molecule has 0 bridgehead atoms. The topological polar surface area (TPSA) is 128 Å². The molecule has 0 saturated carbocycles. The van der Waals surface area contributed by atoms with Crippen LogP contribution in [0.2, 0.25) is 0 Å². The SMILES string of the molecule is O=C1CCC(N2C(=O)c3ccc(N4CC(CCN5CCCN(c6cccc(-c7ccn8ccnc8c7)c6)C5=O)C4)cc3C2=O)C(=O)N1. The molecule has 4 aliphatic heterocycles. The lowest BCUT2D eigenvalue weighted by Crippen LogP contribution is -2.54. The molecule has 0 aliphatic carbocycles. The summed E-state index contributed by atoms with van der Waals surface area (Å²) in [6, 6.07) is 16.4. The second-order valence-electron chi connectivity index (χ2n) is 12.7. The van der Waals surface area contributed by atoms with Gasteiger partial charge in [-0.25, -0.2) is 9.78 Å². The molecule has 4 aliphatic rings. The summed E-state index contributed by atoms with van der Waals surface area (Å²) in [4.78, 5) is 75.1. The van der Waals surface area contributed by atoms with Gasteiger partial charge in [-0.15, -0.1) is 0 Å². The molecule has 2 aromatic carbocycles. The monoisotopic (exact) mass is 631 g/mol. The number of anilines is 2. The molecule has 238 valence electrons. The van der Waals surface area contributed by atoms with Gasteiger partial charge in [0.25, 0.3) is 11.8 Å². The first-order valence-corrected chi connectivity index (χ1v) is 16.0. The van der Waals surface area contributed by atoms with Crippen molar-refractivity contribution < 1.29 is 24.0 Å². The number of amides is 6. The average Bonchev–Trinajstić information content (AvgIpc) is 3.62. The first-order valence-electron chi connectivity index (χ1n) is 16.0. The zero-order chi connectivity index (χ0) is 32.2. The van der Waals surface area contributed by atoms with E-state index < -0.39 is 29.7 Å². The number of aromatic nitrogens is 2. The van der Waals surface area contributed by atoms with Gasteiger partial charge in [0, 0.05) is 69.1 Å². The average molecular weight is 632 g/mol. The fourth-order valence-corrected chi connectivity index (χ4v) is 7.13. The Kier molecular flexibility index (Phi) is 7.00. The smallest absolute Gasteiger partial charge is 0.324 e. The van der Waals surface area contributed by atoms with Gasteiger partial charge in [-0.1, -0.05) is 12.1 Å². The van der Waals surface area contributed by atoms with Crippen LogP contribution in [-0.4, -0.2) is 87.6 Å². The van der Waals surface area contributed by atoms with Gasteiger partial charge >= 0.3 is 6.03 Å². The number of pyridine rings is 1. The molecular weight excluding hydrogens is 598 g/mol. The third kappa shape index (κ3) is 5.09. The minimum absolute atomic E-state index is 0.0238. The number of urea groups is 1. The molecule has 3 fully saturated rings. The maximum Gasteiger partial charge on any atom is 0.324 e. The van der Waals surface area contributed by atoms with Crippen molar-refractivity contribution in [1.29, 1.82) is 0 Å². The number of piperidine rings is 1. The van der Waals surface area contributed by atoms with Crippen molar-refractivity contribution in [2.75, 3.05) is 42.5 Å². The van der Waals surface area contributed by atoms with Gasteiger partial charge < -0.3 is 14.2 Å². The molecule has 4 aromatic rings. The summed E-state index contributed by atoms with van der Waals surface area (Å²) < 4.78 is 1.97. The summed E-state index contributed by atoms with van der Waals surface area (Å²) in [6.07, 6.45) is 7.65. The number of benzene rings is 2. The van der Waals surface area contributed by atoms with E-state index in [1.807, 2.05) is 50.9 Å². The molecule has 3 saturated heterocycles. The molecule has 12 heteroatoms. The number of imidazole rings is 1. The van der Waals surface area contributed by atoms with Crippen LogP contribution in [0.25, 0.3) is 16.8 Å². The number of nitrogens with one attached hydrogen (secondary N) is 1. The summed E-state index contributed by atoms with van der Waals surface area (Å²) in [5.74, 6) is -1.63. The molecular formula is C35H33N7O5. The number of fused-ring (bicyclic) bond motifs is 2. The van der Waals surface area contributed by atoms with Crippen LogP contribution in [0.4, 0.5) is 16.2 Å². The highest BCUT2D eigenvalue weighted by atomic mass is 16.2. The van der Waals surface area contributed by atoms with Gasteiger partial charge in [0.2, 0.25) is 11.8 Å². The molecule has 47 heavy (non-hydrogen) atoms. The molecule has 1 N–H and O–H groups in total. The van der Waals surface area contributed by atoms with E-state index in [0.29, 0.717) is 19.0 Å². The summed E-state index contributed by atoms with van der Waals surface area (Å²) in [7, 11) is 0. The molecule has 0 radical (unpaired) electrons. The third-order valence-electron chi connectivity index (χ3n) is 9.75. The minimum atomic E-state index is -0.980. The molecule has 6 heterocycles. The molecule has 1 unspecified atom stereocenters. The molecule has 1 atom stereocenters. The van der Waals surface area contributed by atoms with E-state index in [-0.39, 0.29) is 30.0 Å². The van der Waals surface area contributed by atoms with Gasteiger partial charge in [0.15, 0.2) is 0 Å². The second kappa shape index (κ2) is 11.4. The lowest BCUT2D eigenvalue weighted by atomic mass is 9.94. The van der Waals surface area contributed by atoms with Crippen LogP contribution in [-0.2, 0) is 9.59 Å². The maximum absolute atomic E-state index is 13.6. The van der Waals surface area contributed by atoms with E-state index in [1.165, 1.54) is 0 Å². The Morgan fingerprint density at radius 3 is 2.51 bits per heavy atom. The van der Waals surface area contributed by atoms with Gasteiger partial charge in [-0.05, 0) is 78.8 Å². The summed E-state index contributed by atoms with van der Waals surface area (Å²) >= 11 is 0. The number of nitrogens with zero attached hydrogens (tertiary/aromatic N) is 6. The molecule has 8 rings (SSSR count). The Bertz CT molecular complexity index is 1960. The molecule has 0 spiro atoms. The van der Waals surface area contributed by atoms with Crippen LogP contribution < -0.4 is 15.1 Å². The van der Waals surface area contributed by atoms with Crippen LogP contribution in [0.3, 0.4) is 0 Å². The van der Waals surface area contributed by atoms with Crippen LogP contribution in [0.5, 0.6) is 0 Å². The van der Waals surface area contributed by atoms with Crippen molar-refractivity contribution in [3.63, 3.8) is 0 Å². The second-order valence-corrected chi connectivity index (χ2v) is 12.7. The Morgan fingerprint density at radius 2 is 1.66 bits per heavy atom. The molecule has 12 nitrogen and oxygen atoms in total. The first kappa shape index (κ1) is 28.9. The number of hydrogen-bond acceptors (Lipinski definition) is 7. The minimum Gasteiger partial charge on any atom is -0.371 e. The quantitative estimate of drug-likeness (QED) is 0.309. The van der Waals surface area contributed by atoms with E-state index in [2.05, 4.69) is 33.4 Å². The van der Waals surface area contributed by atoms with E-state index in [9.17, 15) is 24.0 Å². The van der Waals surface area contributed by atoms with Crippen LogP contribution >= 0.6 is 0 Å². The summed E-state index contributed by atoms with van der Waals surface area (Å²) in [5.41, 5.74) is 5.25. The Morgan fingerprint density at radius 1 is 0.830 bits per heavy atom. The van der Waals surface area contributed by atoms with Crippen molar-refractivity contribution in [3.8, 4) is 11.1 Å². The summed E-state index contributed by atoms with van der Waals surface area (Å²) in [5, 5.41) is 2.23. The van der Waals surface area contributed by atoms with E-state index in [4.69, 9.17) is 0 Å². The lowest BCUT2D eigenvalue weighted by molar-refractivity contribution is -0.136. The highest BCUT2D eigenvalue weighted by molar-refractivity contribution is 6.23. The van der Waals surface area contributed by atoms with Gasteiger partial charge in [-0.2, -0.15) is 0 Å². The summed E-state index contributed by atoms with van der Waals surface area (Å²) in [6.45, 7) is 3.64. The van der Waals surface area contributed by atoms with E-state index in [0.717, 1.165) is 65.5 Å². The van der Waals surface area contributed by atoms with E-state index >= 15 is 0 Å². The fourth-order valence-electron chi connectivity index (χ4n) is 7.13. The van der Waals surface area contributed by atoms with Gasteiger partial charge in [-0.3, -0.25) is 34.3 Å². The third-order valence-corrected chi connectivity index (χ3v) is 9.75. The standard InChI is InChI=1S/C35H33N7O5/c43-31-8-7-29(32(44)37-31)42-33(45)27-6-5-25(19-28(27)34(42)46)40-20-22(21-40)9-14-39-12-2-13-41(35(39)47)26-4-1-3-23(17-26)24-10-15-38-16-11-36-30(38)18-24/h1,3-6,10-11,15-19,22,29H,2,7-9,12-14,20-21H2,(H,37,43,44). The Labute approximate surface area is 270 Å². The molecule has 2 aromatic heterocycles. The normalized spacial score (nSPS) is 20.3. The van der Waals surface area contributed by atoms with Crippen LogP contribution in [0, 0.1) is 5.92 Å². The lowest BCUT2D eigenvalue weighted by Gasteiger charge is -2.43. The number of rotatable bonds is 7. The van der Waals surface area contributed by atoms with Crippen LogP contribution in [0.1, 0.15) is 46.4 Å². The van der Waals surface area contributed by atoms with Crippen molar-refractivity contribution in [3.05, 3.63) is 84.3 Å². The predicted octanol–water partition coefficient (Wildman–Crippen LogP) is 3.56. The zero-order valence-corrected chi connectivity index (χ0v) is 25.7. The Hall–Kier alpha value is -5.52. The van der Waals surface area contributed by atoms with E-state index in [1.54, 1.807) is 18.3 Å². The Balaban J connectivity index is 0.878. The highest BCUT2D eigenvalue weighted by Crippen LogP contribution is 2.34.